The molecular formula is C31H36N2O7S. The SMILES string of the molecule is COc1ccccc1C(=O)C(N)C1(c2ccccc2)CCC(OC(=O)NCCOS(=O)(=O)Cc2ccccc2)CC1. The van der Waals surface area contributed by atoms with Gasteiger partial charge in [0.25, 0.3) is 10.1 Å². The largest absolute Gasteiger partial charge is 0.496 e. The summed E-state index contributed by atoms with van der Waals surface area (Å²) in [4.78, 5) is 26.1. The maximum Gasteiger partial charge on any atom is 0.407 e. The van der Waals surface area contributed by atoms with Crippen LogP contribution in [0.2, 0.25) is 0 Å². The summed E-state index contributed by atoms with van der Waals surface area (Å²) in [6.45, 7) is -0.224. The Kier molecular flexibility index (Phi) is 10.1. The molecule has 0 saturated heterocycles. The highest BCUT2D eigenvalue weighted by Gasteiger charge is 2.46. The quantitative estimate of drug-likeness (QED) is 0.183. The van der Waals surface area contributed by atoms with Crippen molar-refractivity contribution in [2.75, 3.05) is 20.3 Å². The predicted molar refractivity (Wildman–Crippen MR) is 155 cm³/mol. The van der Waals surface area contributed by atoms with Crippen molar-refractivity contribution in [3.8, 4) is 5.75 Å². The second kappa shape index (κ2) is 13.8. The van der Waals surface area contributed by atoms with Crippen molar-refractivity contribution in [1.82, 2.24) is 5.32 Å². The first-order valence-electron chi connectivity index (χ1n) is 13.6. The second-order valence-electron chi connectivity index (χ2n) is 10.1. The minimum atomic E-state index is -3.78. The van der Waals surface area contributed by atoms with E-state index in [9.17, 15) is 18.0 Å². The number of ketones is 1. The molecule has 1 aliphatic carbocycles. The van der Waals surface area contributed by atoms with Crippen LogP contribution in [0.25, 0.3) is 0 Å². The number of benzene rings is 3. The minimum Gasteiger partial charge on any atom is -0.496 e. The van der Waals surface area contributed by atoms with Gasteiger partial charge in [-0.25, -0.2) is 4.79 Å². The molecule has 218 valence electrons. The van der Waals surface area contributed by atoms with Gasteiger partial charge in [0.1, 0.15) is 17.6 Å². The van der Waals surface area contributed by atoms with E-state index < -0.39 is 27.7 Å². The van der Waals surface area contributed by atoms with Gasteiger partial charge in [0.15, 0.2) is 5.78 Å². The Morgan fingerprint density at radius 3 is 2.22 bits per heavy atom. The van der Waals surface area contributed by atoms with Crippen LogP contribution in [0.15, 0.2) is 84.9 Å². The maximum atomic E-state index is 13.6. The monoisotopic (exact) mass is 580 g/mol. The minimum absolute atomic E-state index is 0.0220. The van der Waals surface area contributed by atoms with Crippen molar-refractivity contribution in [3.05, 3.63) is 102 Å². The van der Waals surface area contributed by atoms with Crippen LogP contribution in [-0.2, 0) is 30.2 Å². The Morgan fingerprint density at radius 1 is 0.951 bits per heavy atom. The van der Waals surface area contributed by atoms with Gasteiger partial charge in [-0.15, -0.1) is 0 Å². The van der Waals surface area contributed by atoms with Gasteiger partial charge in [-0.3, -0.25) is 8.98 Å². The molecule has 0 aliphatic heterocycles. The van der Waals surface area contributed by atoms with Gasteiger partial charge in [-0.2, -0.15) is 8.42 Å². The van der Waals surface area contributed by atoms with Gasteiger partial charge < -0.3 is 20.5 Å². The summed E-state index contributed by atoms with van der Waals surface area (Å²) in [5.41, 5.74) is 8.11. The molecule has 3 aromatic carbocycles. The third-order valence-electron chi connectivity index (χ3n) is 7.52. The third-order valence-corrected chi connectivity index (χ3v) is 8.73. The fourth-order valence-electron chi connectivity index (χ4n) is 5.38. The highest BCUT2D eigenvalue weighted by atomic mass is 32.2. The van der Waals surface area contributed by atoms with Gasteiger partial charge in [-0.1, -0.05) is 72.8 Å². The van der Waals surface area contributed by atoms with Crippen LogP contribution >= 0.6 is 0 Å². The topological polar surface area (TPSA) is 134 Å². The van der Waals surface area contributed by atoms with Crippen molar-refractivity contribution in [1.29, 1.82) is 0 Å². The summed E-state index contributed by atoms with van der Waals surface area (Å²) in [5.74, 6) is 0.0259. The molecule has 41 heavy (non-hydrogen) atoms. The van der Waals surface area contributed by atoms with E-state index in [1.165, 1.54) is 7.11 Å². The van der Waals surface area contributed by atoms with Crippen LogP contribution in [0.1, 0.15) is 47.2 Å². The third kappa shape index (κ3) is 7.72. The highest BCUT2D eigenvalue weighted by Crippen LogP contribution is 2.43. The van der Waals surface area contributed by atoms with Crippen molar-refractivity contribution >= 4 is 22.0 Å². The summed E-state index contributed by atoms with van der Waals surface area (Å²) in [7, 11) is -2.26. The van der Waals surface area contributed by atoms with Crippen LogP contribution < -0.4 is 15.8 Å². The van der Waals surface area contributed by atoms with Gasteiger partial charge in [-0.05, 0) is 48.9 Å². The average molecular weight is 581 g/mol. The number of methoxy groups -OCH3 is 1. The number of Topliss-reactive ketones (excluding diaryl/α,β-unsaturated/α-hetero) is 1. The van der Waals surface area contributed by atoms with E-state index in [-0.39, 0.29) is 30.8 Å². The number of carbonyl (C=O) groups is 2. The zero-order valence-electron chi connectivity index (χ0n) is 23.0. The number of para-hydroxylation sites is 1. The van der Waals surface area contributed by atoms with E-state index in [2.05, 4.69) is 5.32 Å². The molecule has 3 N–H and O–H groups in total. The summed E-state index contributed by atoms with van der Waals surface area (Å²) >= 11 is 0. The average Bonchev–Trinajstić information content (AvgIpc) is 3.00. The molecule has 9 nitrogen and oxygen atoms in total. The van der Waals surface area contributed by atoms with Crippen molar-refractivity contribution in [3.63, 3.8) is 0 Å². The Labute approximate surface area is 241 Å². The van der Waals surface area contributed by atoms with Gasteiger partial charge >= 0.3 is 6.09 Å². The lowest BCUT2D eigenvalue weighted by Gasteiger charge is -2.43. The molecule has 1 amide bonds. The maximum absolute atomic E-state index is 13.6. The normalized spacial score (nSPS) is 19.6. The number of amides is 1. The molecule has 1 atom stereocenters. The van der Waals surface area contributed by atoms with Crippen molar-refractivity contribution in [2.24, 2.45) is 5.73 Å². The molecule has 1 aliphatic rings. The molecule has 1 unspecified atom stereocenters. The lowest BCUT2D eigenvalue weighted by molar-refractivity contribution is 0.0489. The number of carbonyl (C=O) groups excluding carboxylic acids is 2. The van der Waals surface area contributed by atoms with Crippen molar-refractivity contribution in [2.45, 2.75) is 49.0 Å². The zero-order valence-corrected chi connectivity index (χ0v) is 23.8. The standard InChI is InChI=1S/C31H36N2O7S/c1-38-27-15-9-8-14-26(27)28(34)29(32)31(24-12-6-3-7-13-24)18-16-25(17-19-31)40-30(35)33-20-21-39-41(36,37)22-23-10-4-2-5-11-23/h2-15,25,29H,16-22,32H2,1H3,(H,33,35). The lowest BCUT2D eigenvalue weighted by Crippen LogP contribution is -2.53. The molecule has 0 radical (unpaired) electrons. The molecule has 0 bridgehead atoms. The first kappa shape index (κ1) is 30.2. The molecule has 1 fully saturated rings. The highest BCUT2D eigenvalue weighted by molar-refractivity contribution is 7.85. The summed E-state index contributed by atoms with van der Waals surface area (Å²) < 4.78 is 40.3. The molecule has 0 aromatic heterocycles. The number of rotatable bonds is 12. The van der Waals surface area contributed by atoms with E-state index in [1.54, 1.807) is 54.6 Å². The van der Waals surface area contributed by atoms with Gasteiger partial charge in [0, 0.05) is 12.0 Å². The summed E-state index contributed by atoms with van der Waals surface area (Å²) in [6.07, 6.45) is 1.08. The Morgan fingerprint density at radius 2 is 1.56 bits per heavy atom. The van der Waals surface area contributed by atoms with E-state index in [4.69, 9.17) is 19.4 Å². The fraction of sp³-hybridized carbons (Fsp3) is 0.355. The molecular weight excluding hydrogens is 544 g/mol. The number of alkyl carbamates (subject to hydrolysis) is 1. The zero-order chi connectivity index (χ0) is 29.3. The van der Waals surface area contributed by atoms with E-state index in [0.29, 0.717) is 42.6 Å². The Hall–Kier alpha value is -3.73. The molecule has 3 aromatic rings. The first-order chi connectivity index (χ1) is 19.7. The number of hydrogen-bond acceptors (Lipinski definition) is 8. The molecule has 0 spiro atoms. The van der Waals surface area contributed by atoms with E-state index >= 15 is 0 Å². The number of hydrogen-bond donors (Lipinski definition) is 2. The van der Waals surface area contributed by atoms with E-state index in [1.807, 2.05) is 30.3 Å². The smallest absolute Gasteiger partial charge is 0.407 e. The molecule has 1 saturated carbocycles. The van der Waals surface area contributed by atoms with Crippen LogP contribution in [0.3, 0.4) is 0 Å². The van der Waals surface area contributed by atoms with Crippen molar-refractivity contribution < 1.29 is 31.7 Å². The fourth-order valence-corrected chi connectivity index (χ4v) is 6.40. The lowest BCUT2D eigenvalue weighted by atomic mass is 9.63. The molecule has 4 rings (SSSR count). The number of ether oxygens (including phenoxy) is 2. The summed E-state index contributed by atoms with van der Waals surface area (Å²) in [6, 6.07) is 24.7. The van der Waals surface area contributed by atoms with Gasteiger partial charge in [0.05, 0.1) is 25.3 Å². The number of nitrogens with one attached hydrogen (secondary N) is 1. The second-order valence-corrected chi connectivity index (χ2v) is 11.7. The predicted octanol–water partition coefficient (Wildman–Crippen LogP) is 4.36. The first-order valence-corrected chi connectivity index (χ1v) is 15.2. The van der Waals surface area contributed by atoms with Crippen LogP contribution in [0.4, 0.5) is 4.79 Å². The van der Waals surface area contributed by atoms with Crippen LogP contribution in [-0.4, -0.2) is 52.7 Å². The Bertz CT molecular complexity index is 1410. The van der Waals surface area contributed by atoms with Crippen LogP contribution in [0, 0.1) is 0 Å². The Balaban J connectivity index is 1.32. The number of nitrogens with two attached hydrogens (primary N) is 1. The summed E-state index contributed by atoms with van der Waals surface area (Å²) in [5, 5.41) is 2.55. The van der Waals surface area contributed by atoms with E-state index in [0.717, 1.165) is 5.56 Å². The molecule has 10 heteroatoms. The molecule has 0 heterocycles. The van der Waals surface area contributed by atoms with Crippen LogP contribution in [0.5, 0.6) is 5.75 Å². The van der Waals surface area contributed by atoms with Gasteiger partial charge in [0.2, 0.25) is 0 Å².